The largest absolute Gasteiger partial charge is 0.348 e. The van der Waals surface area contributed by atoms with E-state index >= 15 is 0 Å². The van der Waals surface area contributed by atoms with E-state index in [0.717, 1.165) is 0 Å². The highest BCUT2D eigenvalue weighted by Gasteiger charge is 2.60. The number of nitrogens with one attached hydrogen (secondary N) is 1. The number of hydrogen-bond donors (Lipinski definition) is 2. The first-order chi connectivity index (χ1) is 9.08. The molecule has 110 valence electrons. The average Bonchev–Trinajstić information content (AvgIpc) is 2.34. The van der Waals surface area contributed by atoms with Gasteiger partial charge >= 0.3 is 0 Å². The van der Waals surface area contributed by atoms with Crippen molar-refractivity contribution in [3.05, 3.63) is 33.3 Å². The number of benzene rings is 1. The zero-order chi connectivity index (χ0) is 15.3. The number of carbonyl (C=O) groups is 1. The molecule has 20 heavy (non-hydrogen) atoms. The predicted molar refractivity (Wildman–Crippen MR) is 85.9 cm³/mol. The summed E-state index contributed by atoms with van der Waals surface area (Å²) in [7, 11) is 0. The van der Waals surface area contributed by atoms with Crippen LogP contribution in [0, 0.1) is 10.8 Å². The van der Waals surface area contributed by atoms with Crippen LogP contribution in [0.25, 0.3) is 0 Å². The number of carbonyl (C=O) groups excluding carboxylic acids is 1. The summed E-state index contributed by atoms with van der Waals surface area (Å²) in [5.41, 5.74) is 6.57. The van der Waals surface area contributed by atoms with Gasteiger partial charge in [-0.3, -0.25) is 4.79 Å². The summed E-state index contributed by atoms with van der Waals surface area (Å²) in [6.07, 6.45) is 0. The number of nitrogens with two attached hydrogens (primary N) is 1. The van der Waals surface area contributed by atoms with Gasteiger partial charge in [-0.2, -0.15) is 0 Å². The lowest BCUT2D eigenvalue weighted by Gasteiger charge is -2.62. The maximum atomic E-state index is 12.4. The van der Waals surface area contributed by atoms with Gasteiger partial charge in [-0.25, -0.2) is 0 Å². The van der Waals surface area contributed by atoms with Crippen LogP contribution in [0.3, 0.4) is 0 Å². The van der Waals surface area contributed by atoms with Crippen LogP contribution < -0.4 is 11.1 Å². The van der Waals surface area contributed by atoms with Gasteiger partial charge in [0.15, 0.2) is 0 Å². The molecule has 0 aromatic heterocycles. The minimum Gasteiger partial charge on any atom is -0.348 e. The standard InChI is InChI=1S/C15H20BrClN2O/c1-14(2)12(18)15(3,4)13(14)19-11(20)9-6-5-8(17)7-10(9)16/h5-7,12-13H,18H2,1-4H3,(H,19,20). The lowest BCUT2D eigenvalue weighted by atomic mass is 9.48. The van der Waals surface area contributed by atoms with Gasteiger partial charge in [-0.05, 0) is 34.1 Å². The van der Waals surface area contributed by atoms with Crippen LogP contribution in [0.15, 0.2) is 22.7 Å². The highest BCUT2D eigenvalue weighted by atomic mass is 79.9. The van der Waals surface area contributed by atoms with E-state index in [2.05, 4.69) is 48.9 Å². The molecular weight excluding hydrogens is 340 g/mol. The number of hydrogen-bond acceptors (Lipinski definition) is 2. The molecule has 1 aromatic carbocycles. The second-order valence-electron chi connectivity index (χ2n) is 6.65. The molecule has 0 aliphatic heterocycles. The third-order valence-electron chi connectivity index (χ3n) is 4.54. The third kappa shape index (κ3) is 2.38. The van der Waals surface area contributed by atoms with E-state index < -0.39 is 0 Å². The van der Waals surface area contributed by atoms with Crippen LogP contribution in [0.4, 0.5) is 0 Å². The van der Waals surface area contributed by atoms with Crippen LogP contribution in [-0.4, -0.2) is 18.0 Å². The molecule has 1 amide bonds. The molecular formula is C15H20BrClN2O. The Balaban J connectivity index is 2.20. The molecule has 0 spiro atoms. The molecule has 3 N–H and O–H groups in total. The van der Waals surface area contributed by atoms with Crippen molar-refractivity contribution in [3.8, 4) is 0 Å². The van der Waals surface area contributed by atoms with Crippen molar-refractivity contribution < 1.29 is 4.79 Å². The lowest BCUT2D eigenvalue weighted by Crippen LogP contribution is -2.76. The van der Waals surface area contributed by atoms with Gasteiger partial charge in [0.2, 0.25) is 0 Å². The molecule has 2 rings (SSSR count). The normalized spacial score (nSPS) is 26.8. The van der Waals surface area contributed by atoms with Gasteiger partial charge in [-0.1, -0.05) is 39.3 Å². The van der Waals surface area contributed by atoms with E-state index in [9.17, 15) is 4.79 Å². The predicted octanol–water partition coefficient (Wildman–Crippen LogP) is 3.59. The van der Waals surface area contributed by atoms with Crippen LogP contribution >= 0.6 is 27.5 Å². The smallest absolute Gasteiger partial charge is 0.252 e. The molecule has 1 fully saturated rings. The molecule has 0 atom stereocenters. The topological polar surface area (TPSA) is 55.1 Å². The average molecular weight is 360 g/mol. The van der Waals surface area contributed by atoms with E-state index in [0.29, 0.717) is 15.1 Å². The van der Waals surface area contributed by atoms with Gasteiger partial charge in [0, 0.05) is 32.4 Å². The van der Waals surface area contributed by atoms with Crippen LogP contribution in [0.2, 0.25) is 5.02 Å². The van der Waals surface area contributed by atoms with E-state index in [1.807, 2.05) is 0 Å². The van der Waals surface area contributed by atoms with Crippen molar-refractivity contribution in [1.82, 2.24) is 5.32 Å². The van der Waals surface area contributed by atoms with Crippen molar-refractivity contribution in [2.24, 2.45) is 16.6 Å². The second-order valence-corrected chi connectivity index (χ2v) is 7.94. The Labute approximate surface area is 133 Å². The maximum absolute atomic E-state index is 12.4. The SMILES string of the molecule is CC1(C)C(N)C(C)(C)C1NC(=O)c1ccc(Cl)cc1Br. The quantitative estimate of drug-likeness (QED) is 0.848. The third-order valence-corrected chi connectivity index (χ3v) is 5.43. The summed E-state index contributed by atoms with van der Waals surface area (Å²) in [6.45, 7) is 8.35. The van der Waals surface area contributed by atoms with Crippen molar-refractivity contribution in [2.45, 2.75) is 39.8 Å². The Morgan fingerprint density at radius 2 is 1.85 bits per heavy atom. The minimum atomic E-state index is -0.113. The van der Waals surface area contributed by atoms with Crippen molar-refractivity contribution in [2.75, 3.05) is 0 Å². The summed E-state index contributed by atoms with van der Waals surface area (Å²) in [6, 6.07) is 5.26. The maximum Gasteiger partial charge on any atom is 0.252 e. The summed E-state index contributed by atoms with van der Waals surface area (Å²) in [4.78, 5) is 12.4. The molecule has 0 unspecified atom stereocenters. The van der Waals surface area contributed by atoms with Crippen molar-refractivity contribution in [1.29, 1.82) is 0 Å². The Morgan fingerprint density at radius 1 is 1.30 bits per heavy atom. The summed E-state index contributed by atoms with van der Waals surface area (Å²) >= 11 is 9.27. The molecule has 5 heteroatoms. The Hall–Kier alpha value is -0.580. The van der Waals surface area contributed by atoms with E-state index in [1.54, 1.807) is 18.2 Å². The Bertz CT molecular complexity index is 541. The molecule has 1 aliphatic carbocycles. The summed E-state index contributed by atoms with van der Waals surface area (Å²) in [5, 5.41) is 3.71. The van der Waals surface area contributed by atoms with E-state index in [4.69, 9.17) is 17.3 Å². The zero-order valence-electron chi connectivity index (χ0n) is 12.1. The van der Waals surface area contributed by atoms with E-state index in [1.165, 1.54) is 0 Å². The number of amides is 1. The monoisotopic (exact) mass is 358 g/mol. The van der Waals surface area contributed by atoms with Gasteiger partial charge in [0.1, 0.15) is 0 Å². The Morgan fingerprint density at radius 3 is 2.35 bits per heavy atom. The summed E-state index contributed by atoms with van der Waals surface area (Å²) < 4.78 is 0.696. The molecule has 0 bridgehead atoms. The number of rotatable bonds is 2. The van der Waals surface area contributed by atoms with Gasteiger partial charge in [-0.15, -0.1) is 0 Å². The molecule has 1 saturated carbocycles. The first-order valence-electron chi connectivity index (χ1n) is 6.60. The zero-order valence-corrected chi connectivity index (χ0v) is 14.5. The van der Waals surface area contributed by atoms with Gasteiger partial charge in [0.25, 0.3) is 5.91 Å². The fourth-order valence-corrected chi connectivity index (χ4v) is 4.30. The minimum absolute atomic E-state index is 0.0417. The van der Waals surface area contributed by atoms with Crippen LogP contribution in [0.5, 0.6) is 0 Å². The Kier molecular flexibility index (Phi) is 3.95. The molecule has 0 saturated heterocycles. The lowest BCUT2D eigenvalue weighted by molar-refractivity contribution is -0.0663. The molecule has 0 radical (unpaired) electrons. The number of halogens is 2. The fraction of sp³-hybridized carbons (Fsp3) is 0.533. The highest BCUT2D eigenvalue weighted by molar-refractivity contribution is 9.10. The molecule has 0 heterocycles. The van der Waals surface area contributed by atoms with Gasteiger partial charge < -0.3 is 11.1 Å². The van der Waals surface area contributed by atoms with Crippen molar-refractivity contribution in [3.63, 3.8) is 0 Å². The van der Waals surface area contributed by atoms with Gasteiger partial charge in [0.05, 0.1) is 5.56 Å². The highest BCUT2D eigenvalue weighted by Crippen LogP contribution is 2.52. The second kappa shape index (κ2) is 5.00. The fourth-order valence-electron chi connectivity index (χ4n) is 3.43. The first kappa shape index (κ1) is 15.8. The summed E-state index contributed by atoms with van der Waals surface area (Å²) in [5.74, 6) is -0.105. The molecule has 3 nitrogen and oxygen atoms in total. The van der Waals surface area contributed by atoms with Crippen molar-refractivity contribution >= 4 is 33.4 Å². The first-order valence-corrected chi connectivity index (χ1v) is 7.77. The molecule has 1 aromatic rings. The molecule has 1 aliphatic rings. The van der Waals surface area contributed by atoms with E-state index in [-0.39, 0.29) is 28.8 Å². The van der Waals surface area contributed by atoms with Crippen LogP contribution in [0.1, 0.15) is 38.1 Å². The van der Waals surface area contributed by atoms with Crippen LogP contribution in [-0.2, 0) is 0 Å².